The second kappa shape index (κ2) is 7.33. The van der Waals surface area contributed by atoms with Crippen molar-refractivity contribution in [1.29, 1.82) is 0 Å². The molecule has 0 bridgehead atoms. The molecule has 7 heteroatoms. The van der Waals surface area contributed by atoms with Crippen molar-refractivity contribution in [3.63, 3.8) is 0 Å². The third kappa shape index (κ3) is 4.15. The lowest BCUT2D eigenvalue weighted by molar-refractivity contribution is -0.121. The van der Waals surface area contributed by atoms with E-state index >= 15 is 0 Å². The summed E-state index contributed by atoms with van der Waals surface area (Å²) in [5.74, 6) is 0.0682. The summed E-state index contributed by atoms with van der Waals surface area (Å²) in [4.78, 5) is 12.6. The normalized spacial score (nSPS) is 20.6. The quantitative estimate of drug-likeness (QED) is 0.753. The number of amides is 1. The summed E-state index contributed by atoms with van der Waals surface area (Å²) in [6, 6.07) is 9.13. The molecule has 2 aromatic rings. The highest BCUT2D eigenvalue weighted by Crippen LogP contribution is 2.33. The van der Waals surface area contributed by atoms with Crippen LogP contribution in [0, 0.1) is 0 Å². The summed E-state index contributed by atoms with van der Waals surface area (Å²) in [6.07, 6.45) is 5.66. The van der Waals surface area contributed by atoms with Gasteiger partial charge in [-0.1, -0.05) is 47.4 Å². The van der Waals surface area contributed by atoms with Crippen LogP contribution >= 0.6 is 23.1 Å². The van der Waals surface area contributed by atoms with E-state index in [1.165, 1.54) is 47.1 Å². The van der Waals surface area contributed by atoms with Crippen molar-refractivity contribution in [3.8, 4) is 0 Å². The Balaban J connectivity index is 1.35. The minimum atomic E-state index is -0.184. The molecule has 1 saturated carbocycles. The van der Waals surface area contributed by atoms with Crippen molar-refractivity contribution < 1.29 is 4.79 Å². The van der Waals surface area contributed by atoms with E-state index in [0.717, 1.165) is 28.7 Å². The number of nitrogens with one attached hydrogen (secondary N) is 2. The number of thioether (sulfide) groups is 1. The molecule has 2 aliphatic carbocycles. The fraction of sp³-hybridized carbons (Fsp3) is 0.500. The SMILES string of the molecule is C[C@H](Sc1nnc(NC2CC2)s1)C(=O)N[C@@H]1CCCc2ccccc21. The lowest BCUT2D eigenvalue weighted by Crippen LogP contribution is -2.35. The standard InChI is InChI=1S/C18H22N4OS2/c1-11(24-18-22-21-17(25-18)19-13-9-10-13)16(23)20-15-8-4-6-12-5-2-3-7-14(12)15/h2-3,5,7,11,13,15H,4,6,8-10H2,1H3,(H,19,21)(H,20,23)/t11-,15+/m0/s1. The number of hydrogen-bond donors (Lipinski definition) is 2. The third-order valence-corrected chi connectivity index (χ3v) is 6.68. The number of anilines is 1. The Bertz CT molecular complexity index is 759. The predicted molar refractivity (Wildman–Crippen MR) is 102 cm³/mol. The highest BCUT2D eigenvalue weighted by Gasteiger charge is 2.26. The van der Waals surface area contributed by atoms with Gasteiger partial charge in [-0.25, -0.2) is 0 Å². The van der Waals surface area contributed by atoms with Crippen LogP contribution in [0.2, 0.25) is 0 Å². The average molecular weight is 375 g/mol. The molecule has 2 aliphatic rings. The molecule has 4 rings (SSSR count). The molecule has 1 heterocycles. The molecule has 0 unspecified atom stereocenters. The van der Waals surface area contributed by atoms with Crippen molar-refractivity contribution in [2.24, 2.45) is 0 Å². The van der Waals surface area contributed by atoms with Gasteiger partial charge in [0.2, 0.25) is 11.0 Å². The number of fused-ring (bicyclic) bond motifs is 1. The topological polar surface area (TPSA) is 66.9 Å². The molecule has 5 nitrogen and oxygen atoms in total. The van der Waals surface area contributed by atoms with Crippen molar-refractivity contribution in [2.45, 2.75) is 60.7 Å². The first kappa shape index (κ1) is 16.8. The van der Waals surface area contributed by atoms with Crippen molar-refractivity contribution in [2.75, 3.05) is 5.32 Å². The Hall–Kier alpha value is -1.60. The van der Waals surface area contributed by atoms with Crippen LogP contribution in [0.15, 0.2) is 28.6 Å². The highest BCUT2D eigenvalue weighted by molar-refractivity contribution is 8.02. The van der Waals surface area contributed by atoms with Gasteiger partial charge in [-0.15, -0.1) is 10.2 Å². The second-order valence-electron chi connectivity index (χ2n) is 6.70. The van der Waals surface area contributed by atoms with E-state index in [-0.39, 0.29) is 17.2 Å². The van der Waals surface area contributed by atoms with Gasteiger partial charge in [0.05, 0.1) is 11.3 Å². The van der Waals surface area contributed by atoms with E-state index in [1.54, 1.807) is 0 Å². The van der Waals surface area contributed by atoms with Crippen LogP contribution in [-0.4, -0.2) is 27.4 Å². The zero-order valence-corrected chi connectivity index (χ0v) is 15.8. The molecule has 1 fully saturated rings. The van der Waals surface area contributed by atoms with E-state index in [2.05, 4.69) is 45.1 Å². The highest BCUT2D eigenvalue weighted by atomic mass is 32.2. The molecule has 2 atom stereocenters. The maximum absolute atomic E-state index is 12.6. The van der Waals surface area contributed by atoms with Gasteiger partial charge in [-0.05, 0) is 50.2 Å². The number of nitrogens with zero attached hydrogens (tertiary/aromatic N) is 2. The summed E-state index contributed by atoms with van der Waals surface area (Å²) in [5, 5.41) is 15.6. The van der Waals surface area contributed by atoms with E-state index in [0.29, 0.717) is 6.04 Å². The molecular formula is C18H22N4OS2. The second-order valence-corrected chi connectivity index (χ2v) is 9.27. The van der Waals surface area contributed by atoms with E-state index < -0.39 is 0 Å². The van der Waals surface area contributed by atoms with Crippen molar-refractivity contribution in [3.05, 3.63) is 35.4 Å². The van der Waals surface area contributed by atoms with Crippen LogP contribution in [-0.2, 0) is 11.2 Å². The Morgan fingerprint density at radius 3 is 2.96 bits per heavy atom. The van der Waals surface area contributed by atoms with Gasteiger partial charge < -0.3 is 10.6 Å². The van der Waals surface area contributed by atoms with Gasteiger partial charge in [0.1, 0.15) is 0 Å². The average Bonchev–Trinajstić information content (AvgIpc) is 3.33. The van der Waals surface area contributed by atoms with Gasteiger partial charge in [-0.2, -0.15) is 0 Å². The third-order valence-electron chi connectivity index (χ3n) is 4.64. The van der Waals surface area contributed by atoms with E-state index in [4.69, 9.17) is 0 Å². The van der Waals surface area contributed by atoms with Gasteiger partial charge in [-0.3, -0.25) is 4.79 Å². The van der Waals surface area contributed by atoms with Crippen LogP contribution in [0.4, 0.5) is 5.13 Å². The van der Waals surface area contributed by atoms with E-state index in [1.807, 2.05) is 6.92 Å². The molecule has 1 aromatic heterocycles. The van der Waals surface area contributed by atoms with Crippen LogP contribution in [0.1, 0.15) is 49.8 Å². The molecule has 0 spiro atoms. The molecule has 1 amide bonds. The Labute approximate surface area is 156 Å². The first-order chi connectivity index (χ1) is 12.2. The number of carbonyl (C=O) groups is 1. The number of aryl methyl sites for hydroxylation is 1. The van der Waals surface area contributed by atoms with Crippen LogP contribution in [0.25, 0.3) is 0 Å². The first-order valence-electron chi connectivity index (χ1n) is 8.84. The predicted octanol–water partition coefficient (Wildman–Crippen LogP) is 3.79. The number of rotatable bonds is 6. The van der Waals surface area contributed by atoms with Gasteiger partial charge in [0, 0.05) is 6.04 Å². The van der Waals surface area contributed by atoms with Crippen LogP contribution < -0.4 is 10.6 Å². The van der Waals surface area contributed by atoms with Gasteiger partial charge in [0.25, 0.3) is 0 Å². The van der Waals surface area contributed by atoms with Crippen molar-refractivity contribution >= 4 is 34.1 Å². The molecule has 132 valence electrons. The largest absolute Gasteiger partial charge is 0.357 e. The Morgan fingerprint density at radius 1 is 1.28 bits per heavy atom. The van der Waals surface area contributed by atoms with Crippen molar-refractivity contribution in [1.82, 2.24) is 15.5 Å². The number of aromatic nitrogens is 2. The number of carbonyl (C=O) groups excluding carboxylic acids is 1. The van der Waals surface area contributed by atoms with Gasteiger partial charge in [0.15, 0.2) is 4.34 Å². The molecule has 0 radical (unpaired) electrons. The zero-order chi connectivity index (χ0) is 17.2. The number of benzene rings is 1. The molecule has 0 saturated heterocycles. The lowest BCUT2D eigenvalue weighted by atomic mass is 9.88. The summed E-state index contributed by atoms with van der Waals surface area (Å²) in [5.41, 5.74) is 2.63. The summed E-state index contributed by atoms with van der Waals surface area (Å²) >= 11 is 3.01. The lowest BCUT2D eigenvalue weighted by Gasteiger charge is -2.27. The molecule has 25 heavy (non-hydrogen) atoms. The number of hydrogen-bond acceptors (Lipinski definition) is 6. The summed E-state index contributed by atoms with van der Waals surface area (Å²) in [6.45, 7) is 1.93. The van der Waals surface area contributed by atoms with E-state index in [9.17, 15) is 4.79 Å². The molecular weight excluding hydrogens is 352 g/mol. The summed E-state index contributed by atoms with van der Waals surface area (Å²) < 4.78 is 0.842. The maximum atomic E-state index is 12.6. The summed E-state index contributed by atoms with van der Waals surface area (Å²) in [7, 11) is 0. The Morgan fingerprint density at radius 2 is 2.12 bits per heavy atom. The fourth-order valence-corrected chi connectivity index (χ4v) is 5.10. The van der Waals surface area contributed by atoms with Crippen LogP contribution in [0.3, 0.4) is 0 Å². The zero-order valence-electron chi connectivity index (χ0n) is 14.2. The monoisotopic (exact) mass is 374 g/mol. The Kier molecular flexibility index (Phi) is 4.94. The van der Waals surface area contributed by atoms with Crippen LogP contribution in [0.5, 0.6) is 0 Å². The molecule has 2 N–H and O–H groups in total. The minimum absolute atomic E-state index is 0.0682. The fourth-order valence-electron chi connectivity index (χ4n) is 3.12. The first-order valence-corrected chi connectivity index (χ1v) is 10.5. The maximum Gasteiger partial charge on any atom is 0.233 e. The minimum Gasteiger partial charge on any atom is -0.357 e. The van der Waals surface area contributed by atoms with Gasteiger partial charge >= 0.3 is 0 Å². The smallest absolute Gasteiger partial charge is 0.233 e. The molecule has 1 aromatic carbocycles. The molecule has 0 aliphatic heterocycles.